The number of hydrogen-bond donors (Lipinski definition) is 0. The van der Waals surface area contributed by atoms with Gasteiger partial charge in [-0.05, 0) is 13.0 Å². The van der Waals surface area contributed by atoms with Crippen LogP contribution in [0.25, 0.3) is 0 Å². The lowest BCUT2D eigenvalue weighted by Gasteiger charge is -2.05. The molecular formula is C9H8ClNO4. The van der Waals surface area contributed by atoms with Crippen molar-refractivity contribution in [2.45, 2.75) is 12.5 Å². The van der Waals surface area contributed by atoms with Crippen molar-refractivity contribution in [1.82, 2.24) is 0 Å². The molecule has 0 spiro atoms. The third-order valence-corrected chi connectivity index (χ3v) is 1.68. The van der Waals surface area contributed by atoms with Gasteiger partial charge in [-0.1, -0.05) is 23.7 Å². The van der Waals surface area contributed by atoms with Crippen molar-refractivity contribution < 1.29 is 14.5 Å². The maximum atomic E-state index is 11.4. The van der Waals surface area contributed by atoms with Crippen LogP contribution in [0.4, 0.5) is 5.69 Å². The van der Waals surface area contributed by atoms with Crippen LogP contribution in [0.1, 0.15) is 17.3 Å². The molecule has 0 amide bonds. The molecule has 1 aromatic carbocycles. The average molecular weight is 230 g/mol. The molecule has 0 aromatic heterocycles. The highest BCUT2D eigenvalue weighted by atomic mass is 35.5. The number of benzene rings is 1. The smallest absolute Gasteiger partial charge is 0.346 e. The van der Waals surface area contributed by atoms with E-state index in [9.17, 15) is 14.9 Å². The number of carbonyl (C=O) groups excluding carboxylic acids is 1. The Hall–Kier alpha value is -1.62. The fourth-order valence-electron chi connectivity index (χ4n) is 1.02. The lowest BCUT2D eigenvalue weighted by molar-refractivity contribution is -0.385. The van der Waals surface area contributed by atoms with Crippen molar-refractivity contribution in [3.63, 3.8) is 0 Å². The van der Waals surface area contributed by atoms with E-state index in [2.05, 4.69) is 4.74 Å². The summed E-state index contributed by atoms with van der Waals surface area (Å²) >= 11 is 5.44. The van der Waals surface area contributed by atoms with E-state index >= 15 is 0 Å². The molecule has 0 aliphatic heterocycles. The first kappa shape index (κ1) is 11.5. The predicted octanol–water partition coefficient (Wildman–Crippen LogP) is 2.34. The SMILES string of the molecule is CC(Cl)OC(=O)c1ccccc1[N+](=O)[O-]. The Morgan fingerprint density at radius 1 is 1.53 bits per heavy atom. The molecule has 0 N–H and O–H groups in total. The van der Waals surface area contributed by atoms with E-state index in [4.69, 9.17) is 11.6 Å². The monoisotopic (exact) mass is 229 g/mol. The summed E-state index contributed by atoms with van der Waals surface area (Å²) in [4.78, 5) is 21.3. The highest BCUT2D eigenvalue weighted by Gasteiger charge is 2.21. The quantitative estimate of drug-likeness (QED) is 0.345. The van der Waals surface area contributed by atoms with Gasteiger partial charge in [0.1, 0.15) is 5.56 Å². The number of nitrogens with zero attached hydrogens (tertiary/aromatic N) is 1. The number of halogens is 1. The van der Waals surface area contributed by atoms with E-state index in [-0.39, 0.29) is 11.3 Å². The number of alkyl halides is 1. The van der Waals surface area contributed by atoms with Gasteiger partial charge in [0.2, 0.25) is 0 Å². The van der Waals surface area contributed by atoms with Gasteiger partial charge in [-0.2, -0.15) is 0 Å². The molecule has 0 aliphatic carbocycles. The molecule has 0 saturated carbocycles. The van der Waals surface area contributed by atoms with Gasteiger partial charge in [0, 0.05) is 6.07 Å². The summed E-state index contributed by atoms with van der Waals surface area (Å²) in [6, 6.07) is 5.54. The van der Waals surface area contributed by atoms with Gasteiger partial charge in [-0.3, -0.25) is 10.1 Å². The summed E-state index contributed by atoms with van der Waals surface area (Å²) in [5.41, 5.74) is -1.22. The van der Waals surface area contributed by atoms with Gasteiger partial charge in [0.05, 0.1) is 4.92 Å². The first-order valence-electron chi connectivity index (χ1n) is 4.11. The molecule has 0 heterocycles. The number of ether oxygens (including phenoxy) is 1. The highest BCUT2D eigenvalue weighted by Crippen LogP contribution is 2.19. The molecule has 5 nitrogen and oxygen atoms in total. The first-order chi connectivity index (χ1) is 7.02. The van der Waals surface area contributed by atoms with Gasteiger partial charge >= 0.3 is 5.97 Å². The zero-order chi connectivity index (χ0) is 11.4. The predicted molar refractivity (Wildman–Crippen MR) is 53.8 cm³/mol. The molecular weight excluding hydrogens is 222 g/mol. The second kappa shape index (κ2) is 4.75. The molecule has 0 radical (unpaired) electrons. The molecule has 6 heteroatoms. The summed E-state index contributed by atoms with van der Waals surface area (Å²) in [6.45, 7) is 1.45. The number of para-hydroxylation sites is 1. The van der Waals surface area contributed by atoms with Crippen molar-refractivity contribution in [2.24, 2.45) is 0 Å². The summed E-state index contributed by atoms with van der Waals surface area (Å²) < 4.78 is 4.65. The number of esters is 1. The van der Waals surface area contributed by atoms with E-state index in [1.165, 1.54) is 31.2 Å². The Morgan fingerprint density at radius 2 is 2.13 bits per heavy atom. The number of rotatable bonds is 3. The van der Waals surface area contributed by atoms with Crippen LogP contribution in [-0.2, 0) is 4.74 Å². The van der Waals surface area contributed by atoms with Gasteiger partial charge in [0.25, 0.3) is 5.69 Å². The van der Waals surface area contributed by atoms with Crippen molar-refractivity contribution >= 4 is 23.3 Å². The van der Waals surface area contributed by atoms with Crippen LogP contribution >= 0.6 is 11.6 Å². The molecule has 15 heavy (non-hydrogen) atoms. The minimum atomic E-state index is -0.822. The van der Waals surface area contributed by atoms with Gasteiger partial charge in [0.15, 0.2) is 5.56 Å². The average Bonchev–Trinajstić information content (AvgIpc) is 2.16. The highest BCUT2D eigenvalue weighted by molar-refractivity contribution is 6.20. The van der Waals surface area contributed by atoms with Crippen LogP contribution in [-0.4, -0.2) is 16.5 Å². The molecule has 0 aliphatic rings. The van der Waals surface area contributed by atoms with Crippen LogP contribution in [0, 0.1) is 10.1 Å². The lowest BCUT2D eigenvalue weighted by atomic mass is 10.2. The van der Waals surface area contributed by atoms with E-state index in [1.807, 2.05) is 0 Å². The summed E-state index contributed by atoms with van der Waals surface area (Å²) in [5, 5.41) is 10.6. The van der Waals surface area contributed by atoms with Gasteiger partial charge in [-0.25, -0.2) is 4.79 Å². The van der Waals surface area contributed by atoms with Gasteiger partial charge < -0.3 is 4.74 Å². The fraction of sp³-hybridized carbons (Fsp3) is 0.222. The Bertz CT molecular complexity index is 391. The van der Waals surface area contributed by atoms with E-state index in [1.54, 1.807) is 0 Å². The molecule has 1 atom stereocenters. The number of carbonyl (C=O) groups is 1. The Morgan fingerprint density at radius 3 is 2.67 bits per heavy atom. The lowest BCUT2D eigenvalue weighted by Crippen LogP contribution is -2.11. The van der Waals surface area contributed by atoms with Crippen LogP contribution in [0.5, 0.6) is 0 Å². The maximum absolute atomic E-state index is 11.4. The maximum Gasteiger partial charge on any atom is 0.346 e. The van der Waals surface area contributed by atoms with Gasteiger partial charge in [-0.15, -0.1) is 0 Å². The fourth-order valence-corrected chi connectivity index (χ4v) is 1.10. The molecule has 1 rings (SSSR count). The number of hydrogen-bond acceptors (Lipinski definition) is 4. The second-order valence-electron chi connectivity index (χ2n) is 2.72. The Balaban J connectivity index is 3.03. The van der Waals surface area contributed by atoms with E-state index in [0.717, 1.165) is 0 Å². The first-order valence-corrected chi connectivity index (χ1v) is 4.54. The third kappa shape index (κ3) is 2.92. The minimum absolute atomic E-state index is 0.102. The Labute approximate surface area is 90.8 Å². The topological polar surface area (TPSA) is 69.4 Å². The normalized spacial score (nSPS) is 11.9. The number of nitro groups is 1. The van der Waals surface area contributed by atoms with Crippen LogP contribution in [0.15, 0.2) is 24.3 Å². The summed E-state index contributed by atoms with van der Waals surface area (Å²) in [6.07, 6.45) is 0. The minimum Gasteiger partial charge on any atom is -0.443 e. The van der Waals surface area contributed by atoms with E-state index in [0.29, 0.717) is 0 Å². The number of nitro benzene ring substituents is 1. The van der Waals surface area contributed by atoms with Crippen molar-refractivity contribution in [3.05, 3.63) is 39.9 Å². The standard InChI is InChI=1S/C9H8ClNO4/c1-6(10)15-9(12)7-4-2-3-5-8(7)11(13)14/h2-6H,1H3. The molecule has 0 bridgehead atoms. The van der Waals surface area contributed by atoms with E-state index < -0.39 is 16.5 Å². The molecule has 1 unspecified atom stereocenters. The van der Waals surface area contributed by atoms with Crippen molar-refractivity contribution in [3.8, 4) is 0 Å². The molecule has 0 fully saturated rings. The Kier molecular flexibility index (Phi) is 3.62. The van der Waals surface area contributed by atoms with Crippen molar-refractivity contribution in [1.29, 1.82) is 0 Å². The molecule has 1 aromatic rings. The second-order valence-corrected chi connectivity index (χ2v) is 3.34. The van der Waals surface area contributed by atoms with Crippen LogP contribution in [0.3, 0.4) is 0 Å². The van der Waals surface area contributed by atoms with Crippen molar-refractivity contribution in [2.75, 3.05) is 0 Å². The summed E-state index contributed by atoms with van der Waals surface area (Å²) in [7, 11) is 0. The third-order valence-electron chi connectivity index (χ3n) is 1.59. The molecule has 80 valence electrons. The van der Waals surface area contributed by atoms with Crippen LogP contribution in [0.2, 0.25) is 0 Å². The zero-order valence-electron chi connectivity index (χ0n) is 7.84. The summed E-state index contributed by atoms with van der Waals surface area (Å²) in [5.74, 6) is -0.801. The molecule has 0 saturated heterocycles. The van der Waals surface area contributed by atoms with Crippen LogP contribution < -0.4 is 0 Å². The zero-order valence-corrected chi connectivity index (χ0v) is 8.60. The largest absolute Gasteiger partial charge is 0.443 e.